The van der Waals surface area contributed by atoms with Gasteiger partial charge in [0.05, 0.1) is 6.10 Å². The number of nitrogens with one attached hydrogen (secondary N) is 1. The molecule has 0 bridgehead atoms. The highest BCUT2D eigenvalue weighted by Gasteiger charge is 2.20. The van der Waals surface area contributed by atoms with E-state index in [-0.39, 0.29) is 6.10 Å². The summed E-state index contributed by atoms with van der Waals surface area (Å²) in [6.07, 6.45) is 4.30. The minimum Gasteiger partial charge on any atom is -0.392 e. The molecule has 0 saturated carbocycles. The molecule has 0 aromatic carbocycles. The Morgan fingerprint density at radius 1 is 1.70 bits per heavy atom. The summed E-state index contributed by atoms with van der Waals surface area (Å²) in [5, 5.41) is 12.8. The number of hydrogen-bond acceptors (Lipinski definition) is 2. The summed E-state index contributed by atoms with van der Waals surface area (Å²) >= 11 is 0. The third-order valence-corrected chi connectivity index (χ3v) is 2.15. The van der Waals surface area contributed by atoms with Crippen LogP contribution in [-0.4, -0.2) is 23.8 Å². The SMILES string of the molecule is CCCC(O)C1CCCN1. The van der Waals surface area contributed by atoms with Crippen LogP contribution in [-0.2, 0) is 0 Å². The van der Waals surface area contributed by atoms with Crippen LogP contribution < -0.4 is 5.32 Å². The topological polar surface area (TPSA) is 32.3 Å². The first kappa shape index (κ1) is 8.02. The normalized spacial score (nSPS) is 28.8. The van der Waals surface area contributed by atoms with E-state index in [1.54, 1.807) is 0 Å². The molecule has 1 rings (SSSR count). The van der Waals surface area contributed by atoms with Crippen LogP contribution >= 0.6 is 0 Å². The molecule has 0 aromatic heterocycles. The molecule has 10 heavy (non-hydrogen) atoms. The molecule has 1 fully saturated rings. The molecule has 1 aliphatic heterocycles. The summed E-state index contributed by atoms with van der Waals surface area (Å²) in [7, 11) is 0. The first-order valence-corrected chi connectivity index (χ1v) is 4.26. The van der Waals surface area contributed by atoms with Gasteiger partial charge in [-0.3, -0.25) is 0 Å². The molecule has 0 radical (unpaired) electrons. The molecule has 60 valence electrons. The van der Waals surface area contributed by atoms with E-state index in [0.717, 1.165) is 25.8 Å². The van der Waals surface area contributed by atoms with Gasteiger partial charge in [0.15, 0.2) is 0 Å². The third kappa shape index (κ3) is 1.96. The lowest BCUT2D eigenvalue weighted by Gasteiger charge is -2.16. The summed E-state index contributed by atoms with van der Waals surface area (Å²) in [5.41, 5.74) is 0. The van der Waals surface area contributed by atoms with Gasteiger partial charge < -0.3 is 10.4 Å². The molecule has 2 heteroatoms. The fourth-order valence-corrected chi connectivity index (χ4v) is 1.54. The van der Waals surface area contributed by atoms with E-state index < -0.39 is 0 Å². The largest absolute Gasteiger partial charge is 0.392 e. The Kier molecular flexibility index (Phi) is 3.16. The van der Waals surface area contributed by atoms with Gasteiger partial charge in [-0.25, -0.2) is 0 Å². The second kappa shape index (κ2) is 3.94. The molecule has 2 nitrogen and oxygen atoms in total. The van der Waals surface area contributed by atoms with E-state index >= 15 is 0 Å². The van der Waals surface area contributed by atoms with Crippen LogP contribution in [0.3, 0.4) is 0 Å². The van der Waals surface area contributed by atoms with Crippen molar-refractivity contribution in [2.75, 3.05) is 6.54 Å². The fraction of sp³-hybridized carbons (Fsp3) is 1.00. The minimum absolute atomic E-state index is 0.104. The van der Waals surface area contributed by atoms with Gasteiger partial charge in [-0.2, -0.15) is 0 Å². The van der Waals surface area contributed by atoms with Crippen LogP contribution in [0.15, 0.2) is 0 Å². The van der Waals surface area contributed by atoms with E-state index in [1.165, 1.54) is 6.42 Å². The van der Waals surface area contributed by atoms with Gasteiger partial charge in [0.1, 0.15) is 0 Å². The van der Waals surface area contributed by atoms with Gasteiger partial charge in [-0.15, -0.1) is 0 Å². The lowest BCUT2D eigenvalue weighted by Crippen LogP contribution is -2.34. The van der Waals surface area contributed by atoms with Gasteiger partial charge in [0.25, 0.3) is 0 Å². The maximum atomic E-state index is 9.49. The number of hydrogen-bond donors (Lipinski definition) is 2. The molecule has 1 saturated heterocycles. The van der Waals surface area contributed by atoms with Gasteiger partial charge in [0.2, 0.25) is 0 Å². The van der Waals surface area contributed by atoms with Crippen molar-refractivity contribution in [3.05, 3.63) is 0 Å². The first-order valence-electron chi connectivity index (χ1n) is 4.26. The molecular formula is C8H17NO. The van der Waals surface area contributed by atoms with Crippen molar-refractivity contribution in [3.63, 3.8) is 0 Å². The molecule has 1 heterocycles. The van der Waals surface area contributed by atoms with Crippen molar-refractivity contribution in [1.82, 2.24) is 5.32 Å². The Balaban J connectivity index is 2.18. The van der Waals surface area contributed by atoms with E-state index in [4.69, 9.17) is 0 Å². The number of aliphatic hydroxyl groups is 1. The molecular weight excluding hydrogens is 126 g/mol. The molecule has 1 aliphatic rings. The summed E-state index contributed by atoms with van der Waals surface area (Å²) < 4.78 is 0. The lowest BCUT2D eigenvalue weighted by atomic mass is 10.1. The first-order chi connectivity index (χ1) is 4.84. The lowest BCUT2D eigenvalue weighted by molar-refractivity contribution is 0.126. The average molecular weight is 143 g/mol. The predicted molar refractivity (Wildman–Crippen MR) is 41.9 cm³/mol. The highest BCUT2D eigenvalue weighted by atomic mass is 16.3. The monoisotopic (exact) mass is 143 g/mol. The zero-order valence-electron chi connectivity index (χ0n) is 6.64. The second-order valence-electron chi connectivity index (χ2n) is 3.06. The van der Waals surface area contributed by atoms with Crippen molar-refractivity contribution < 1.29 is 5.11 Å². The minimum atomic E-state index is -0.104. The summed E-state index contributed by atoms with van der Waals surface area (Å²) in [5.74, 6) is 0. The zero-order chi connectivity index (χ0) is 7.40. The van der Waals surface area contributed by atoms with E-state index in [0.29, 0.717) is 6.04 Å². The van der Waals surface area contributed by atoms with Crippen LogP contribution in [0.1, 0.15) is 32.6 Å². The van der Waals surface area contributed by atoms with E-state index in [2.05, 4.69) is 12.2 Å². The van der Waals surface area contributed by atoms with Gasteiger partial charge in [0, 0.05) is 6.04 Å². The standard InChI is InChI=1S/C8H17NO/c1-2-4-8(10)7-5-3-6-9-7/h7-10H,2-6H2,1H3. The van der Waals surface area contributed by atoms with Gasteiger partial charge in [-0.05, 0) is 25.8 Å². The van der Waals surface area contributed by atoms with Crippen LogP contribution in [0, 0.1) is 0 Å². The van der Waals surface area contributed by atoms with E-state index in [1.807, 2.05) is 0 Å². The zero-order valence-corrected chi connectivity index (χ0v) is 6.64. The van der Waals surface area contributed by atoms with Crippen molar-refractivity contribution in [1.29, 1.82) is 0 Å². The summed E-state index contributed by atoms with van der Waals surface area (Å²) in [4.78, 5) is 0. The average Bonchev–Trinajstić information content (AvgIpc) is 2.38. The molecule has 0 spiro atoms. The van der Waals surface area contributed by atoms with Crippen molar-refractivity contribution in [2.45, 2.75) is 44.8 Å². The van der Waals surface area contributed by atoms with Gasteiger partial charge in [-0.1, -0.05) is 13.3 Å². The third-order valence-electron chi connectivity index (χ3n) is 2.15. The van der Waals surface area contributed by atoms with Crippen LogP contribution in [0.25, 0.3) is 0 Å². The van der Waals surface area contributed by atoms with E-state index in [9.17, 15) is 5.11 Å². The molecule has 2 atom stereocenters. The Labute approximate surface area is 62.6 Å². The summed E-state index contributed by atoms with van der Waals surface area (Å²) in [6, 6.07) is 0.389. The van der Waals surface area contributed by atoms with Crippen LogP contribution in [0.2, 0.25) is 0 Å². The highest BCUT2D eigenvalue weighted by molar-refractivity contribution is 4.80. The van der Waals surface area contributed by atoms with Crippen LogP contribution in [0.4, 0.5) is 0 Å². The Morgan fingerprint density at radius 3 is 3.00 bits per heavy atom. The highest BCUT2D eigenvalue weighted by Crippen LogP contribution is 2.12. The molecule has 2 N–H and O–H groups in total. The van der Waals surface area contributed by atoms with Gasteiger partial charge >= 0.3 is 0 Å². The Morgan fingerprint density at radius 2 is 2.50 bits per heavy atom. The fourth-order valence-electron chi connectivity index (χ4n) is 1.54. The molecule has 0 aliphatic carbocycles. The molecule has 0 amide bonds. The summed E-state index contributed by atoms with van der Waals surface area (Å²) in [6.45, 7) is 3.20. The predicted octanol–water partition coefficient (Wildman–Crippen LogP) is 0.899. The number of rotatable bonds is 3. The molecule has 2 unspecified atom stereocenters. The second-order valence-corrected chi connectivity index (χ2v) is 3.06. The van der Waals surface area contributed by atoms with Crippen molar-refractivity contribution in [3.8, 4) is 0 Å². The van der Waals surface area contributed by atoms with Crippen molar-refractivity contribution in [2.24, 2.45) is 0 Å². The Bertz CT molecular complexity index is 89.3. The maximum absolute atomic E-state index is 9.49. The maximum Gasteiger partial charge on any atom is 0.0693 e. The smallest absolute Gasteiger partial charge is 0.0693 e. The molecule has 0 aromatic rings. The number of aliphatic hydroxyl groups excluding tert-OH is 1. The van der Waals surface area contributed by atoms with Crippen LogP contribution in [0.5, 0.6) is 0 Å². The van der Waals surface area contributed by atoms with Crippen molar-refractivity contribution >= 4 is 0 Å². The Hall–Kier alpha value is -0.0800. The quantitative estimate of drug-likeness (QED) is 0.615.